The Morgan fingerprint density at radius 3 is 1.91 bits per heavy atom. The molecule has 1 fully saturated rings. The highest BCUT2D eigenvalue weighted by Crippen LogP contribution is 2.38. The van der Waals surface area contributed by atoms with Gasteiger partial charge in [-0.3, -0.25) is 0 Å². The minimum Gasteiger partial charge on any atom is -0.461 e. The average molecular weight is 475 g/mol. The van der Waals surface area contributed by atoms with Gasteiger partial charge in [0.15, 0.2) is 0 Å². The molecule has 1 saturated heterocycles. The minimum absolute atomic E-state index is 0.0449. The Balaban J connectivity index is 1.27. The van der Waals surface area contributed by atoms with E-state index in [1.807, 2.05) is 60.7 Å². The zero-order valence-corrected chi connectivity index (χ0v) is 19.3. The third kappa shape index (κ3) is 4.50. The summed E-state index contributed by atoms with van der Waals surface area (Å²) >= 11 is 1.33. The van der Waals surface area contributed by atoms with Crippen LogP contribution in [0.25, 0.3) is 21.5 Å². The predicted octanol–water partition coefficient (Wildman–Crippen LogP) is 6.22. The molecule has 0 N–H and O–H groups in total. The second-order valence-corrected chi connectivity index (χ2v) is 10.0. The highest BCUT2D eigenvalue weighted by atomic mass is 32.2. The third-order valence-electron chi connectivity index (χ3n) is 6.11. The SMILES string of the molecule is C[C@H]1S[C@H](COC(=O)c2ccc3ccccc3c2)[C@@H](OC(=O)c2ccc3ccccc3c2)[C@@H]1F. The van der Waals surface area contributed by atoms with Crippen LogP contribution in [0.4, 0.5) is 4.39 Å². The molecule has 4 aromatic rings. The molecule has 6 heteroatoms. The maximum atomic E-state index is 14.9. The van der Waals surface area contributed by atoms with Crippen LogP contribution in [-0.4, -0.2) is 41.3 Å². The van der Waals surface area contributed by atoms with E-state index in [4.69, 9.17) is 9.47 Å². The molecule has 4 aromatic carbocycles. The summed E-state index contributed by atoms with van der Waals surface area (Å²) in [5, 5.41) is 3.01. The number of fused-ring (bicyclic) bond motifs is 2. The quantitative estimate of drug-likeness (QED) is 0.322. The molecule has 0 aromatic heterocycles. The third-order valence-corrected chi connectivity index (χ3v) is 7.55. The summed E-state index contributed by atoms with van der Waals surface area (Å²) < 4.78 is 26.1. The molecule has 0 spiro atoms. The second kappa shape index (κ2) is 9.47. The molecule has 0 aliphatic carbocycles. The van der Waals surface area contributed by atoms with Gasteiger partial charge in [0, 0.05) is 5.25 Å². The summed E-state index contributed by atoms with van der Waals surface area (Å²) in [6.45, 7) is 1.70. The number of esters is 2. The van der Waals surface area contributed by atoms with Gasteiger partial charge >= 0.3 is 11.9 Å². The lowest BCUT2D eigenvalue weighted by Crippen LogP contribution is -2.36. The normalized spacial score (nSPS) is 22.1. The first kappa shape index (κ1) is 22.4. The van der Waals surface area contributed by atoms with Crippen LogP contribution in [0, 0.1) is 0 Å². The van der Waals surface area contributed by atoms with E-state index in [1.165, 1.54) is 11.8 Å². The Labute approximate surface area is 201 Å². The van der Waals surface area contributed by atoms with Gasteiger partial charge in [-0.15, -0.1) is 11.8 Å². The van der Waals surface area contributed by atoms with Crippen molar-refractivity contribution in [1.82, 2.24) is 0 Å². The van der Waals surface area contributed by atoms with Crippen molar-refractivity contribution in [2.75, 3.05) is 6.61 Å². The first-order chi connectivity index (χ1) is 16.5. The van der Waals surface area contributed by atoms with Gasteiger partial charge in [-0.05, 0) is 45.8 Å². The molecule has 34 heavy (non-hydrogen) atoms. The van der Waals surface area contributed by atoms with Gasteiger partial charge in [0.05, 0.1) is 16.4 Å². The van der Waals surface area contributed by atoms with Crippen LogP contribution in [0.1, 0.15) is 27.6 Å². The van der Waals surface area contributed by atoms with Gasteiger partial charge in [0.1, 0.15) is 18.9 Å². The Bertz CT molecular complexity index is 1370. The van der Waals surface area contributed by atoms with Crippen LogP contribution in [0.2, 0.25) is 0 Å². The lowest BCUT2D eigenvalue weighted by atomic mass is 10.1. The number of thioether (sulfide) groups is 1. The number of hydrogen-bond acceptors (Lipinski definition) is 5. The van der Waals surface area contributed by atoms with E-state index >= 15 is 0 Å². The van der Waals surface area contributed by atoms with Gasteiger partial charge in [0.2, 0.25) is 0 Å². The fraction of sp³-hybridized carbons (Fsp3) is 0.214. The van der Waals surface area contributed by atoms with Crippen LogP contribution in [0.3, 0.4) is 0 Å². The number of carbonyl (C=O) groups is 2. The van der Waals surface area contributed by atoms with Crippen LogP contribution < -0.4 is 0 Å². The van der Waals surface area contributed by atoms with E-state index in [9.17, 15) is 14.0 Å². The maximum Gasteiger partial charge on any atom is 0.338 e. The van der Waals surface area contributed by atoms with E-state index in [0.29, 0.717) is 11.1 Å². The van der Waals surface area contributed by atoms with Crippen molar-refractivity contribution in [1.29, 1.82) is 0 Å². The van der Waals surface area contributed by atoms with Gasteiger partial charge in [-0.25, -0.2) is 14.0 Å². The Kier molecular flexibility index (Phi) is 6.24. The van der Waals surface area contributed by atoms with Crippen LogP contribution in [0.5, 0.6) is 0 Å². The van der Waals surface area contributed by atoms with E-state index in [2.05, 4.69) is 0 Å². The number of rotatable bonds is 5. The molecular formula is C28H23FO4S. The molecule has 4 atom stereocenters. The fourth-order valence-corrected chi connectivity index (χ4v) is 5.60. The summed E-state index contributed by atoms with van der Waals surface area (Å²) in [6, 6.07) is 26.0. The van der Waals surface area contributed by atoms with Crippen molar-refractivity contribution >= 4 is 45.2 Å². The average Bonchev–Trinajstić information content (AvgIpc) is 3.14. The van der Waals surface area contributed by atoms with Crippen molar-refractivity contribution in [3.63, 3.8) is 0 Å². The fourth-order valence-electron chi connectivity index (χ4n) is 4.24. The molecule has 1 aliphatic heterocycles. The zero-order valence-electron chi connectivity index (χ0n) is 18.5. The highest BCUT2D eigenvalue weighted by molar-refractivity contribution is 8.00. The second-order valence-electron chi connectivity index (χ2n) is 8.42. The predicted molar refractivity (Wildman–Crippen MR) is 133 cm³/mol. The standard InChI is InChI=1S/C28H23FO4S/c1-17-25(29)26(33-28(31)23-13-11-19-7-3-5-9-21(19)15-23)24(34-17)16-32-27(30)22-12-10-18-6-2-4-8-20(18)14-22/h2-15,17,24-26H,16H2,1H3/t17-,24-,25-,26-/m1/s1. The number of halogens is 1. The zero-order chi connectivity index (χ0) is 23.7. The van der Waals surface area contributed by atoms with Gasteiger partial charge in [-0.2, -0.15) is 0 Å². The monoisotopic (exact) mass is 474 g/mol. The number of carbonyl (C=O) groups excluding carboxylic acids is 2. The number of benzene rings is 4. The van der Waals surface area contributed by atoms with Crippen molar-refractivity contribution < 1.29 is 23.5 Å². The lowest BCUT2D eigenvalue weighted by Gasteiger charge is -2.21. The Hall–Kier alpha value is -3.38. The Morgan fingerprint density at radius 2 is 1.32 bits per heavy atom. The number of hydrogen-bond donors (Lipinski definition) is 0. The maximum absolute atomic E-state index is 14.9. The van der Waals surface area contributed by atoms with Crippen molar-refractivity contribution in [3.05, 3.63) is 96.1 Å². The molecule has 4 nitrogen and oxygen atoms in total. The summed E-state index contributed by atoms with van der Waals surface area (Å²) in [6.07, 6.45) is -2.35. The molecule has 0 amide bonds. The first-order valence-electron chi connectivity index (χ1n) is 11.1. The lowest BCUT2D eigenvalue weighted by molar-refractivity contribution is 0.00210. The van der Waals surface area contributed by atoms with Gasteiger partial charge < -0.3 is 9.47 Å². The topological polar surface area (TPSA) is 52.6 Å². The molecule has 0 saturated carbocycles. The van der Waals surface area contributed by atoms with Crippen LogP contribution in [0.15, 0.2) is 84.9 Å². The van der Waals surface area contributed by atoms with Crippen molar-refractivity contribution in [2.24, 2.45) is 0 Å². The van der Waals surface area contributed by atoms with Crippen LogP contribution in [-0.2, 0) is 9.47 Å². The van der Waals surface area contributed by atoms with Crippen LogP contribution >= 0.6 is 11.8 Å². The van der Waals surface area contributed by atoms with Crippen molar-refractivity contribution in [2.45, 2.75) is 29.7 Å². The summed E-state index contributed by atoms with van der Waals surface area (Å²) in [7, 11) is 0. The largest absolute Gasteiger partial charge is 0.461 e. The van der Waals surface area contributed by atoms with E-state index in [0.717, 1.165) is 21.5 Å². The summed E-state index contributed by atoms with van der Waals surface area (Å²) in [5.74, 6) is -1.07. The molecule has 1 heterocycles. The molecule has 0 unspecified atom stereocenters. The number of alkyl halides is 1. The van der Waals surface area contributed by atoms with E-state index in [1.54, 1.807) is 31.2 Å². The molecule has 0 radical (unpaired) electrons. The number of ether oxygens (including phenoxy) is 2. The molecule has 172 valence electrons. The summed E-state index contributed by atoms with van der Waals surface area (Å²) in [4.78, 5) is 25.5. The first-order valence-corrected chi connectivity index (χ1v) is 12.1. The van der Waals surface area contributed by atoms with Crippen molar-refractivity contribution in [3.8, 4) is 0 Å². The van der Waals surface area contributed by atoms with Gasteiger partial charge in [0.25, 0.3) is 0 Å². The minimum atomic E-state index is -1.35. The van der Waals surface area contributed by atoms with E-state index < -0.39 is 29.5 Å². The molecule has 5 rings (SSSR count). The molecular weight excluding hydrogens is 451 g/mol. The van der Waals surface area contributed by atoms with E-state index in [-0.39, 0.29) is 11.9 Å². The summed E-state index contributed by atoms with van der Waals surface area (Å²) in [5.41, 5.74) is 0.790. The van der Waals surface area contributed by atoms with Gasteiger partial charge in [-0.1, -0.05) is 67.6 Å². The molecule has 1 aliphatic rings. The molecule has 0 bridgehead atoms. The Morgan fingerprint density at radius 1 is 0.794 bits per heavy atom. The smallest absolute Gasteiger partial charge is 0.338 e. The highest BCUT2D eigenvalue weighted by Gasteiger charge is 2.45.